The summed E-state index contributed by atoms with van der Waals surface area (Å²) in [5.41, 5.74) is 1.05. The lowest BCUT2D eigenvalue weighted by atomic mass is 9.90. The predicted octanol–water partition coefficient (Wildman–Crippen LogP) is 1.96. The van der Waals surface area contributed by atoms with Gasteiger partial charge < -0.3 is 9.88 Å². The Bertz CT molecular complexity index is 389. The molecule has 0 unspecified atom stereocenters. The molecule has 3 heteroatoms. The van der Waals surface area contributed by atoms with Gasteiger partial charge in [0, 0.05) is 17.8 Å². The molecule has 2 heterocycles. The van der Waals surface area contributed by atoms with Crippen molar-refractivity contribution in [3.63, 3.8) is 0 Å². The molecule has 88 valence electrons. The van der Waals surface area contributed by atoms with E-state index in [1.54, 1.807) is 6.20 Å². The van der Waals surface area contributed by atoms with Gasteiger partial charge in [0.2, 0.25) is 0 Å². The van der Waals surface area contributed by atoms with Gasteiger partial charge in [-0.15, -0.1) is 0 Å². The molecule has 1 aromatic rings. The summed E-state index contributed by atoms with van der Waals surface area (Å²) in [5, 5.41) is 0. The molecule has 0 bridgehead atoms. The van der Waals surface area contributed by atoms with Gasteiger partial charge in [0.1, 0.15) is 0 Å². The molecule has 3 nitrogen and oxygen atoms in total. The minimum Gasteiger partial charge on any atom is -0.329 e. The molecule has 0 aromatic carbocycles. The number of rotatable bonds is 2. The van der Waals surface area contributed by atoms with Crippen LogP contribution in [-0.4, -0.2) is 29.0 Å². The quantitative estimate of drug-likeness (QED) is 0.827. The third-order valence-electron chi connectivity index (χ3n) is 3.55. The van der Waals surface area contributed by atoms with E-state index in [1.807, 2.05) is 12.1 Å². The molecule has 0 saturated carbocycles. The molecule has 1 fully saturated rings. The first-order valence-corrected chi connectivity index (χ1v) is 6.10. The second-order valence-electron chi connectivity index (χ2n) is 4.86. The highest BCUT2D eigenvalue weighted by Crippen LogP contribution is 2.26. The second-order valence-corrected chi connectivity index (χ2v) is 4.86. The summed E-state index contributed by atoms with van der Waals surface area (Å²) in [6.45, 7) is 6.68. The van der Waals surface area contributed by atoms with E-state index in [-0.39, 0.29) is 5.56 Å². The van der Waals surface area contributed by atoms with Crippen molar-refractivity contribution in [1.82, 2.24) is 9.88 Å². The van der Waals surface area contributed by atoms with Crippen molar-refractivity contribution < 1.29 is 0 Å². The maximum atomic E-state index is 11.7. The zero-order chi connectivity index (χ0) is 11.5. The van der Waals surface area contributed by atoms with Crippen LogP contribution in [0.15, 0.2) is 23.1 Å². The van der Waals surface area contributed by atoms with Crippen LogP contribution in [-0.2, 0) is 0 Å². The van der Waals surface area contributed by atoms with Crippen LogP contribution >= 0.6 is 0 Å². The molecule has 0 amide bonds. The van der Waals surface area contributed by atoms with E-state index in [4.69, 9.17) is 0 Å². The minimum atomic E-state index is 0.0884. The van der Waals surface area contributed by atoms with Gasteiger partial charge in [-0.05, 0) is 51.8 Å². The van der Waals surface area contributed by atoms with Crippen LogP contribution in [0.1, 0.15) is 38.2 Å². The van der Waals surface area contributed by atoms with Gasteiger partial charge in [-0.1, -0.05) is 6.07 Å². The number of hydrogen-bond donors (Lipinski definition) is 1. The second kappa shape index (κ2) is 4.83. The molecule has 1 aliphatic rings. The Morgan fingerprint density at radius 2 is 2.06 bits per heavy atom. The maximum Gasteiger partial charge on any atom is 0.251 e. The zero-order valence-corrected chi connectivity index (χ0v) is 10.1. The van der Waals surface area contributed by atoms with Crippen molar-refractivity contribution in [1.29, 1.82) is 0 Å². The first-order valence-electron chi connectivity index (χ1n) is 6.10. The Morgan fingerprint density at radius 1 is 1.38 bits per heavy atom. The molecule has 0 atom stereocenters. The summed E-state index contributed by atoms with van der Waals surface area (Å²) >= 11 is 0. The van der Waals surface area contributed by atoms with Crippen LogP contribution in [0.25, 0.3) is 0 Å². The summed E-state index contributed by atoms with van der Waals surface area (Å²) in [7, 11) is 0. The Kier molecular flexibility index (Phi) is 3.44. The SMILES string of the molecule is CC(C)N1CCC(c2ccc[nH]c2=O)CC1. The standard InChI is InChI=1S/C13H20N2O/c1-10(2)15-8-5-11(6-9-15)12-4-3-7-14-13(12)16/h3-4,7,10-11H,5-6,8-9H2,1-2H3,(H,14,16). The molecule has 1 aromatic heterocycles. The number of aromatic nitrogens is 1. The topological polar surface area (TPSA) is 36.1 Å². The lowest BCUT2D eigenvalue weighted by molar-refractivity contribution is 0.171. The van der Waals surface area contributed by atoms with Crippen molar-refractivity contribution in [3.05, 3.63) is 34.2 Å². The van der Waals surface area contributed by atoms with E-state index in [0.717, 1.165) is 31.5 Å². The summed E-state index contributed by atoms with van der Waals surface area (Å²) in [4.78, 5) is 16.9. The number of H-pyrrole nitrogens is 1. The number of hydrogen-bond acceptors (Lipinski definition) is 2. The molecule has 2 rings (SSSR count). The smallest absolute Gasteiger partial charge is 0.251 e. The Morgan fingerprint density at radius 3 is 2.62 bits per heavy atom. The molecular weight excluding hydrogens is 200 g/mol. The van der Waals surface area contributed by atoms with Crippen LogP contribution in [0.4, 0.5) is 0 Å². The number of nitrogens with zero attached hydrogens (tertiary/aromatic N) is 1. The molecule has 1 aliphatic heterocycles. The van der Waals surface area contributed by atoms with E-state index in [9.17, 15) is 4.79 Å². The largest absolute Gasteiger partial charge is 0.329 e. The first kappa shape index (κ1) is 11.4. The average molecular weight is 220 g/mol. The fourth-order valence-electron chi connectivity index (χ4n) is 2.48. The highest BCUT2D eigenvalue weighted by atomic mass is 16.1. The molecule has 0 aliphatic carbocycles. The van der Waals surface area contributed by atoms with Crippen molar-refractivity contribution in [2.75, 3.05) is 13.1 Å². The number of pyridine rings is 1. The maximum absolute atomic E-state index is 11.7. The number of likely N-dealkylation sites (tertiary alicyclic amines) is 1. The Hall–Kier alpha value is -1.09. The van der Waals surface area contributed by atoms with Crippen LogP contribution in [0.5, 0.6) is 0 Å². The van der Waals surface area contributed by atoms with E-state index in [2.05, 4.69) is 23.7 Å². The zero-order valence-electron chi connectivity index (χ0n) is 10.1. The highest BCUT2D eigenvalue weighted by molar-refractivity contribution is 5.15. The third kappa shape index (κ3) is 2.35. The van der Waals surface area contributed by atoms with Gasteiger partial charge in [-0.2, -0.15) is 0 Å². The van der Waals surface area contributed by atoms with Crippen LogP contribution in [0, 0.1) is 0 Å². The normalized spacial score (nSPS) is 19.2. The van der Waals surface area contributed by atoms with Gasteiger partial charge >= 0.3 is 0 Å². The summed E-state index contributed by atoms with van der Waals surface area (Å²) in [6, 6.07) is 4.51. The lowest BCUT2D eigenvalue weighted by Crippen LogP contribution is -2.38. The van der Waals surface area contributed by atoms with Crippen molar-refractivity contribution in [2.24, 2.45) is 0 Å². The van der Waals surface area contributed by atoms with Crippen molar-refractivity contribution in [3.8, 4) is 0 Å². The van der Waals surface area contributed by atoms with Gasteiger partial charge in [0.05, 0.1) is 0 Å². The Balaban J connectivity index is 2.05. The minimum absolute atomic E-state index is 0.0884. The van der Waals surface area contributed by atoms with E-state index in [1.165, 1.54) is 0 Å². The summed E-state index contributed by atoms with van der Waals surface area (Å²) in [5.74, 6) is 0.444. The van der Waals surface area contributed by atoms with Gasteiger partial charge in [-0.25, -0.2) is 0 Å². The van der Waals surface area contributed by atoms with Crippen LogP contribution in [0.2, 0.25) is 0 Å². The van der Waals surface area contributed by atoms with Gasteiger partial charge in [0.15, 0.2) is 0 Å². The molecule has 16 heavy (non-hydrogen) atoms. The number of nitrogens with one attached hydrogen (secondary N) is 1. The third-order valence-corrected chi connectivity index (χ3v) is 3.55. The predicted molar refractivity (Wildman–Crippen MR) is 65.7 cm³/mol. The molecule has 0 spiro atoms. The number of piperidine rings is 1. The highest BCUT2D eigenvalue weighted by Gasteiger charge is 2.23. The molecule has 0 radical (unpaired) electrons. The van der Waals surface area contributed by atoms with Crippen LogP contribution in [0.3, 0.4) is 0 Å². The van der Waals surface area contributed by atoms with E-state index >= 15 is 0 Å². The first-order chi connectivity index (χ1) is 7.68. The Labute approximate surface area is 96.5 Å². The number of aromatic amines is 1. The summed E-state index contributed by atoms with van der Waals surface area (Å²) in [6.07, 6.45) is 3.91. The fourth-order valence-corrected chi connectivity index (χ4v) is 2.48. The molecular formula is C13H20N2O. The van der Waals surface area contributed by atoms with Crippen LogP contribution < -0.4 is 5.56 Å². The van der Waals surface area contributed by atoms with E-state index < -0.39 is 0 Å². The van der Waals surface area contributed by atoms with Gasteiger partial charge in [0.25, 0.3) is 5.56 Å². The summed E-state index contributed by atoms with van der Waals surface area (Å²) < 4.78 is 0. The van der Waals surface area contributed by atoms with Crippen molar-refractivity contribution in [2.45, 2.75) is 38.6 Å². The molecule has 1 saturated heterocycles. The van der Waals surface area contributed by atoms with Gasteiger partial charge in [-0.3, -0.25) is 4.79 Å². The van der Waals surface area contributed by atoms with Crippen molar-refractivity contribution >= 4 is 0 Å². The average Bonchev–Trinajstić information content (AvgIpc) is 2.30. The lowest BCUT2D eigenvalue weighted by Gasteiger charge is -2.34. The van der Waals surface area contributed by atoms with E-state index in [0.29, 0.717) is 12.0 Å². The molecule has 1 N–H and O–H groups in total. The fraction of sp³-hybridized carbons (Fsp3) is 0.615. The monoisotopic (exact) mass is 220 g/mol.